The number of anilines is 1. The third-order valence-electron chi connectivity index (χ3n) is 2.49. The molecule has 1 N–H and O–H groups in total. The first-order valence-electron chi connectivity index (χ1n) is 5.51. The Balaban J connectivity index is 2.20. The number of amides is 1. The van der Waals surface area contributed by atoms with Crippen LogP contribution in [-0.2, 0) is 0 Å². The van der Waals surface area contributed by atoms with E-state index in [1.807, 2.05) is 0 Å². The molecule has 1 aromatic carbocycles. The van der Waals surface area contributed by atoms with Gasteiger partial charge in [-0.15, -0.1) is 0 Å². The number of carbonyl (C=O) groups is 1. The molecule has 0 aliphatic rings. The number of nitro groups is 1. The number of rotatable bonds is 3. The predicted molar refractivity (Wildman–Crippen MR) is 72.8 cm³/mol. The Morgan fingerprint density at radius 1 is 1.40 bits per heavy atom. The van der Waals surface area contributed by atoms with E-state index in [9.17, 15) is 14.9 Å². The van der Waals surface area contributed by atoms with Crippen LogP contribution in [0.5, 0.6) is 0 Å². The van der Waals surface area contributed by atoms with Crippen molar-refractivity contribution in [1.29, 1.82) is 0 Å². The van der Waals surface area contributed by atoms with E-state index in [2.05, 4.69) is 15.3 Å². The summed E-state index contributed by atoms with van der Waals surface area (Å²) in [6.07, 6.45) is 2.59. The zero-order chi connectivity index (χ0) is 14.7. The van der Waals surface area contributed by atoms with Gasteiger partial charge in [0, 0.05) is 17.3 Å². The van der Waals surface area contributed by atoms with Gasteiger partial charge in [0.2, 0.25) is 0 Å². The van der Waals surface area contributed by atoms with Gasteiger partial charge in [-0.3, -0.25) is 19.9 Å². The molecule has 0 aliphatic heterocycles. The molecule has 1 amide bonds. The zero-order valence-electron chi connectivity index (χ0n) is 10.3. The topological polar surface area (TPSA) is 98.0 Å². The van der Waals surface area contributed by atoms with Crippen molar-refractivity contribution >= 4 is 28.9 Å². The monoisotopic (exact) mass is 292 g/mol. The standard InChI is InChI=1S/C12H9ClN4O3/c1-7-4-8(2-3-10(7)17(19)20)15-12(18)9-5-14-6-11(13)16-9/h2-6H,1H3,(H,15,18). The van der Waals surface area contributed by atoms with Crippen molar-refractivity contribution in [1.82, 2.24) is 9.97 Å². The average molecular weight is 293 g/mol. The first kappa shape index (κ1) is 13.9. The largest absolute Gasteiger partial charge is 0.321 e. The minimum atomic E-state index is -0.492. The molecule has 0 saturated heterocycles. The molecule has 20 heavy (non-hydrogen) atoms. The quantitative estimate of drug-likeness (QED) is 0.692. The van der Waals surface area contributed by atoms with Gasteiger partial charge in [-0.25, -0.2) is 4.98 Å². The fourth-order valence-electron chi connectivity index (χ4n) is 1.58. The Bertz CT molecular complexity index is 690. The molecule has 1 aromatic heterocycles. The molecule has 7 nitrogen and oxygen atoms in total. The lowest BCUT2D eigenvalue weighted by Gasteiger charge is -2.05. The van der Waals surface area contributed by atoms with Gasteiger partial charge >= 0.3 is 0 Å². The SMILES string of the molecule is Cc1cc(NC(=O)c2cncc(Cl)n2)ccc1[N+](=O)[O-]. The molecule has 8 heteroatoms. The van der Waals surface area contributed by atoms with E-state index >= 15 is 0 Å². The van der Waals surface area contributed by atoms with Crippen molar-refractivity contribution in [3.63, 3.8) is 0 Å². The summed E-state index contributed by atoms with van der Waals surface area (Å²) in [6.45, 7) is 1.59. The van der Waals surface area contributed by atoms with Gasteiger partial charge in [-0.2, -0.15) is 0 Å². The number of halogens is 1. The van der Waals surface area contributed by atoms with Gasteiger partial charge in [0.1, 0.15) is 10.8 Å². The van der Waals surface area contributed by atoms with E-state index in [1.54, 1.807) is 6.92 Å². The van der Waals surface area contributed by atoms with Crippen LogP contribution in [-0.4, -0.2) is 20.8 Å². The number of hydrogen-bond acceptors (Lipinski definition) is 5. The number of benzene rings is 1. The van der Waals surface area contributed by atoms with Gasteiger partial charge in [0.05, 0.1) is 17.3 Å². The highest BCUT2D eigenvalue weighted by Crippen LogP contribution is 2.21. The van der Waals surface area contributed by atoms with Crippen LogP contribution in [0.15, 0.2) is 30.6 Å². The molecular weight excluding hydrogens is 284 g/mol. The van der Waals surface area contributed by atoms with E-state index < -0.39 is 10.8 Å². The summed E-state index contributed by atoms with van der Waals surface area (Å²) in [5.74, 6) is -0.492. The van der Waals surface area contributed by atoms with Crippen LogP contribution in [0.2, 0.25) is 5.15 Å². The Morgan fingerprint density at radius 2 is 2.15 bits per heavy atom. The van der Waals surface area contributed by atoms with Gasteiger partial charge in [-0.05, 0) is 19.1 Å². The van der Waals surface area contributed by atoms with Gasteiger partial charge < -0.3 is 5.32 Å². The van der Waals surface area contributed by atoms with Crippen molar-refractivity contribution in [2.45, 2.75) is 6.92 Å². The molecule has 0 atom stereocenters. The molecule has 0 unspecified atom stereocenters. The molecule has 0 fully saturated rings. The highest BCUT2D eigenvalue weighted by molar-refractivity contribution is 6.29. The number of nitrogens with zero attached hydrogens (tertiary/aromatic N) is 3. The Morgan fingerprint density at radius 3 is 2.75 bits per heavy atom. The van der Waals surface area contributed by atoms with Gasteiger partial charge in [0.25, 0.3) is 11.6 Å². The maximum Gasteiger partial charge on any atom is 0.275 e. The first-order valence-corrected chi connectivity index (χ1v) is 5.89. The summed E-state index contributed by atoms with van der Waals surface area (Å²) in [4.78, 5) is 29.7. The summed E-state index contributed by atoms with van der Waals surface area (Å²) in [6, 6.07) is 4.28. The molecule has 102 valence electrons. The number of nitro benzene ring substituents is 1. The van der Waals surface area contributed by atoms with Crippen molar-refractivity contribution in [2.24, 2.45) is 0 Å². The van der Waals surface area contributed by atoms with Crippen LogP contribution in [0, 0.1) is 17.0 Å². The Hall–Kier alpha value is -2.54. The van der Waals surface area contributed by atoms with Crippen molar-refractivity contribution < 1.29 is 9.72 Å². The lowest BCUT2D eigenvalue weighted by atomic mass is 10.2. The fourth-order valence-corrected chi connectivity index (χ4v) is 1.73. The Kier molecular flexibility index (Phi) is 3.90. The predicted octanol–water partition coefficient (Wildman–Crippen LogP) is 2.60. The normalized spacial score (nSPS) is 10.1. The second kappa shape index (κ2) is 5.62. The first-order chi connectivity index (χ1) is 9.47. The summed E-state index contributed by atoms with van der Waals surface area (Å²) in [7, 11) is 0. The molecule has 1 heterocycles. The highest BCUT2D eigenvalue weighted by atomic mass is 35.5. The van der Waals surface area contributed by atoms with Crippen LogP contribution < -0.4 is 5.32 Å². The molecule has 2 rings (SSSR count). The average Bonchev–Trinajstić information content (AvgIpc) is 2.38. The Labute approximate surface area is 118 Å². The van der Waals surface area contributed by atoms with E-state index in [4.69, 9.17) is 11.6 Å². The minimum Gasteiger partial charge on any atom is -0.321 e. The maximum atomic E-state index is 11.9. The van der Waals surface area contributed by atoms with E-state index in [0.717, 1.165) is 0 Å². The van der Waals surface area contributed by atoms with E-state index in [0.29, 0.717) is 11.3 Å². The summed E-state index contributed by atoms with van der Waals surface area (Å²) >= 11 is 5.64. The lowest BCUT2D eigenvalue weighted by molar-refractivity contribution is -0.385. The van der Waals surface area contributed by atoms with Crippen molar-refractivity contribution in [3.8, 4) is 0 Å². The lowest BCUT2D eigenvalue weighted by Crippen LogP contribution is -2.14. The molecule has 2 aromatic rings. The van der Waals surface area contributed by atoms with Crippen molar-refractivity contribution in [3.05, 3.63) is 57.1 Å². The van der Waals surface area contributed by atoms with Crippen LogP contribution in [0.25, 0.3) is 0 Å². The second-order valence-electron chi connectivity index (χ2n) is 3.94. The third-order valence-corrected chi connectivity index (χ3v) is 2.67. The number of aromatic nitrogens is 2. The van der Waals surface area contributed by atoms with Gasteiger partial charge in [0.15, 0.2) is 0 Å². The molecule has 0 aliphatic carbocycles. The number of hydrogen-bond donors (Lipinski definition) is 1. The molecule has 0 bridgehead atoms. The summed E-state index contributed by atoms with van der Waals surface area (Å²) < 4.78 is 0. The number of nitrogens with one attached hydrogen (secondary N) is 1. The summed E-state index contributed by atoms with van der Waals surface area (Å²) in [5, 5.41) is 13.4. The van der Waals surface area contributed by atoms with Crippen molar-refractivity contribution in [2.75, 3.05) is 5.32 Å². The summed E-state index contributed by atoms with van der Waals surface area (Å²) in [5.41, 5.74) is 0.934. The number of aryl methyl sites for hydroxylation is 1. The highest BCUT2D eigenvalue weighted by Gasteiger charge is 2.13. The fraction of sp³-hybridized carbons (Fsp3) is 0.0833. The van der Waals surface area contributed by atoms with Crippen LogP contribution in [0.4, 0.5) is 11.4 Å². The van der Waals surface area contributed by atoms with E-state index in [1.165, 1.54) is 30.6 Å². The van der Waals surface area contributed by atoms with E-state index in [-0.39, 0.29) is 16.5 Å². The smallest absolute Gasteiger partial charge is 0.275 e. The van der Waals surface area contributed by atoms with Gasteiger partial charge in [-0.1, -0.05) is 11.6 Å². The second-order valence-corrected chi connectivity index (χ2v) is 4.33. The van der Waals surface area contributed by atoms with Crippen LogP contribution in [0.3, 0.4) is 0 Å². The molecule has 0 spiro atoms. The minimum absolute atomic E-state index is 0.00875. The third kappa shape index (κ3) is 3.07. The van der Waals surface area contributed by atoms with Crippen LogP contribution >= 0.6 is 11.6 Å². The number of carbonyl (C=O) groups excluding carboxylic acids is 1. The molecule has 0 radical (unpaired) electrons. The maximum absolute atomic E-state index is 11.9. The molecule has 0 saturated carbocycles. The molecular formula is C12H9ClN4O3. The zero-order valence-corrected chi connectivity index (χ0v) is 11.1. The van der Waals surface area contributed by atoms with Crippen LogP contribution in [0.1, 0.15) is 16.1 Å².